The third kappa shape index (κ3) is 31700. The van der Waals surface area contributed by atoms with Gasteiger partial charge in [-0.15, -0.1) is 0 Å². The molecule has 26 N–H and O–H groups in total. The lowest BCUT2D eigenvalue weighted by molar-refractivity contribution is 0.276. The van der Waals surface area contributed by atoms with E-state index in [9.17, 15) is 0 Å². The standard InChI is InChI=1S/4BH3O3.2H3N.4H2O/c4*2-1(3)4;;;;;;/h4*2-4H;2*1H3;4*1H2. The molecule has 0 spiro atoms. The predicted molar refractivity (Wildman–Crippen MR) is 74.1 cm³/mol. The van der Waals surface area contributed by atoms with Crippen LogP contribution in [0.15, 0.2) is 0 Å². The maximum Gasteiger partial charge on any atom is 0.631 e. The Kier molecular flexibility index (Phi) is 183. The summed E-state index contributed by atoms with van der Waals surface area (Å²) in [5, 5.41) is 86.0. The molecule has 0 radical (unpaired) electrons. The highest BCUT2D eigenvalue weighted by Gasteiger charge is 1.93. The third-order valence-electron chi connectivity index (χ3n) is 0. The second-order valence-electron chi connectivity index (χ2n) is 1.39. The Bertz CT molecular complexity index is 67.1. The zero-order valence-electron chi connectivity index (χ0n) is 11.1. The first-order valence-electron chi connectivity index (χ1n) is 3.10. The summed E-state index contributed by atoms with van der Waals surface area (Å²) in [6.45, 7) is 0. The normalized spacial score (nSPS) is 4.91. The quantitative estimate of drug-likeness (QED) is 0.180. The third-order valence-corrected chi connectivity index (χ3v) is 0. The van der Waals surface area contributed by atoms with Gasteiger partial charge in [-0.3, -0.25) is 0 Å². The fourth-order valence-electron chi connectivity index (χ4n) is 0. The van der Waals surface area contributed by atoms with Crippen LogP contribution in [0.5, 0.6) is 0 Å². The first-order chi connectivity index (χ1) is 6.93. The first kappa shape index (κ1) is 68.2. The molecule has 0 amide bonds. The van der Waals surface area contributed by atoms with Crippen molar-refractivity contribution in [2.45, 2.75) is 0 Å². The van der Waals surface area contributed by atoms with Gasteiger partial charge >= 0.3 is 29.3 Å². The Balaban J connectivity index is -0.00000001000. The van der Waals surface area contributed by atoms with Crippen molar-refractivity contribution in [3.05, 3.63) is 0 Å². The van der Waals surface area contributed by atoms with Crippen molar-refractivity contribution in [3.63, 3.8) is 0 Å². The van der Waals surface area contributed by atoms with E-state index in [1.165, 1.54) is 0 Å². The first-order valence-corrected chi connectivity index (χ1v) is 3.10. The molecule has 22 heteroatoms. The van der Waals surface area contributed by atoms with Gasteiger partial charge in [0.1, 0.15) is 0 Å². The average molecular weight is 353 g/mol. The maximum atomic E-state index is 7.17. The summed E-state index contributed by atoms with van der Waals surface area (Å²) < 4.78 is 0. The predicted octanol–water partition coefficient (Wildman–Crippen LogP) is -11.2. The number of hydrogen-bond donors (Lipinski definition) is 14. The second kappa shape index (κ2) is 58.9. The summed E-state index contributed by atoms with van der Waals surface area (Å²) >= 11 is 0. The minimum absolute atomic E-state index is 0. The molecule has 0 aliphatic carbocycles. The SMILES string of the molecule is N.N.O.O.O.O.OB(O)O.OB(O)O.OB(O)O.OB(O)O. The maximum absolute atomic E-state index is 7.17. The lowest BCUT2D eigenvalue weighted by atomic mass is 10.3. The molecule has 0 aliphatic heterocycles. The van der Waals surface area contributed by atoms with E-state index in [0.717, 1.165) is 0 Å². The summed E-state index contributed by atoms with van der Waals surface area (Å²) in [6, 6.07) is 0. The van der Waals surface area contributed by atoms with Gasteiger partial charge in [0, 0.05) is 0 Å². The van der Waals surface area contributed by atoms with Gasteiger partial charge in [-0.05, 0) is 0 Å². The summed E-state index contributed by atoms with van der Waals surface area (Å²) in [4.78, 5) is 0. The summed E-state index contributed by atoms with van der Waals surface area (Å²) in [6.07, 6.45) is 0. The molecular formula is H26B4N2O16. The Morgan fingerprint density at radius 3 is 0.273 bits per heavy atom. The lowest BCUT2D eigenvalue weighted by Gasteiger charge is -1.69. The van der Waals surface area contributed by atoms with Gasteiger partial charge in [-0.1, -0.05) is 0 Å². The molecular weight excluding hydrogens is 327 g/mol. The van der Waals surface area contributed by atoms with Gasteiger partial charge in [-0.2, -0.15) is 0 Å². The highest BCUT2D eigenvalue weighted by atomic mass is 16.5. The molecule has 18 nitrogen and oxygen atoms in total. The molecule has 0 saturated heterocycles. The van der Waals surface area contributed by atoms with E-state index in [1.807, 2.05) is 0 Å². The lowest BCUT2D eigenvalue weighted by Crippen LogP contribution is -2.07. The molecule has 0 aromatic heterocycles. The summed E-state index contributed by atoms with van der Waals surface area (Å²) in [5.41, 5.74) is 0. The van der Waals surface area contributed by atoms with E-state index in [2.05, 4.69) is 0 Å². The van der Waals surface area contributed by atoms with E-state index >= 15 is 0 Å². The molecule has 0 aromatic rings. The Morgan fingerprint density at radius 2 is 0.273 bits per heavy atom. The topological polar surface area (TPSA) is 439 Å². The van der Waals surface area contributed by atoms with Gasteiger partial charge < -0.3 is 94.5 Å². The van der Waals surface area contributed by atoms with Crippen molar-refractivity contribution in [2.24, 2.45) is 0 Å². The largest absolute Gasteiger partial charge is 0.631 e. The molecule has 144 valence electrons. The minimum atomic E-state index is -2.17. The van der Waals surface area contributed by atoms with Crippen molar-refractivity contribution in [1.29, 1.82) is 0 Å². The van der Waals surface area contributed by atoms with Crippen molar-refractivity contribution < 1.29 is 82.2 Å². The van der Waals surface area contributed by atoms with Gasteiger partial charge in [-0.25, -0.2) is 0 Å². The van der Waals surface area contributed by atoms with Crippen LogP contribution < -0.4 is 12.3 Å². The van der Waals surface area contributed by atoms with Crippen LogP contribution in [-0.2, 0) is 0 Å². The van der Waals surface area contributed by atoms with E-state index < -0.39 is 29.3 Å². The molecule has 0 aliphatic rings. The summed E-state index contributed by atoms with van der Waals surface area (Å²) in [7, 11) is -8.67. The van der Waals surface area contributed by atoms with Crippen molar-refractivity contribution in [3.8, 4) is 0 Å². The average Bonchev–Trinajstić information content (AvgIpc) is 1.76. The van der Waals surface area contributed by atoms with Crippen molar-refractivity contribution >= 4 is 29.3 Å². The Morgan fingerprint density at radius 1 is 0.273 bits per heavy atom. The smallest absolute Gasteiger partial charge is 0.412 e. The van der Waals surface area contributed by atoms with Crippen LogP contribution in [0.25, 0.3) is 0 Å². The van der Waals surface area contributed by atoms with Gasteiger partial charge in [0.15, 0.2) is 0 Å². The molecule has 0 saturated carbocycles. The molecule has 0 fully saturated rings. The monoisotopic (exact) mass is 354 g/mol. The van der Waals surface area contributed by atoms with E-state index in [-0.39, 0.29) is 34.2 Å². The Hall–Kier alpha value is -0.460. The minimum Gasteiger partial charge on any atom is -0.412 e. The van der Waals surface area contributed by atoms with Crippen LogP contribution in [0.2, 0.25) is 0 Å². The van der Waals surface area contributed by atoms with Crippen LogP contribution in [0.3, 0.4) is 0 Å². The highest BCUT2D eigenvalue weighted by molar-refractivity contribution is 6.31. The van der Waals surface area contributed by atoms with Gasteiger partial charge in [0.2, 0.25) is 0 Å². The van der Waals surface area contributed by atoms with Crippen LogP contribution in [-0.4, -0.2) is 111 Å². The van der Waals surface area contributed by atoms with Crippen LogP contribution in [0.4, 0.5) is 0 Å². The van der Waals surface area contributed by atoms with Crippen molar-refractivity contribution in [1.82, 2.24) is 12.3 Å². The zero-order valence-corrected chi connectivity index (χ0v) is 11.1. The van der Waals surface area contributed by atoms with Crippen molar-refractivity contribution in [2.75, 3.05) is 0 Å². The van der Waals surface area contributed by atoms with E-state index in [1.54, 1.807) is 0 Å². The number of hydrogen-bond acceptors (Lipinski definition) is 14. The fraction of sp³-hybridized carbons (Fsp3) is 0. The fourth-order valence-corrected chi connectivity index (χ4v) is 0. The second-order valence-corrected chi connectivity index (χ2v) is 1.39. The molecule has 0 bridgehead atoms. The molecule has 0 atom stereocenters. The molecule has 22 heavy (non-hydrogen) atoms. The van der Waals surface area contributed by atoms with Crippen LogP contribution in [0, 0.1) is 0 Å². The van der Waals surface area contributed by atoms with Gasteiger partial charge in [0.25, 0.3) is 0 Å². The molecule has 0 unspecified atom stereocenters. The highest BCUT2D eigenvalue weighted by Crippen LogP contribution is 1.41. The molecule has 0 aromatic carbocycles. The van der Waals surface area contributed by atoms with Crippen LogP contribution in [0.1, 0.15) is 0 Å². The number of rotatable bonds is 0. The summed E-state index contributed by atoms with van der Waals surface area (Å²) in [5.74, 6) is 0. The van der Waals surface area contributed by atoms with Crippen LogP contribution >= 0.6 is 0 Å². The van der Waals surface area contributed by atoms with E-state index in [4.69, 9.17) is 60.3 Å². The Labute approximate surface area is 125 Å². The zero-order chi connectivity index (χ0) is 14.3. The molecule has 0 rings (SSSR count). The van der Waals surface area contributed by atoms with E-state index in [0.29, 0.717) is 0 Å². The van der Waals surface area contributed by atoms with Gasteiger partial charge in [0.05, 0.1) is 0 Å². The molecule has 0 heterocycles.